The molecule has 0 aliphatic heterocycles. The van der Waals surface area contributed by atoms with Crippen molar-refractivity contribution in [3.8, 4) is 0 Å². The highest BCUT2D eigenvalue weighted by molar-refractivity contribution is 5.91. The van der Waals surface area contributed by atoms with Crippen LogP contribution in [0.3, 0.4) is 0 Å². The maximum absolute atomic E-state index is 11.7. The minimum Gasteiger partial charge on any atom is -0.438 e. The highest BCUT2D eigenvalue weighted by Gasteiger charge is 2.12. The number of oxazole rings is 1. The van der Waals surface area contributed by atoms with Crippen LogP contribution in [0, 0.1) is 0 Å². The normalized spacial score (nSPS) is 12.1. The summed E-state index contributed by atoms with van der Waals surface area (Å²) in [5.41, 5.74) is 1.28. The first-order valence-corrected chi connectivity index (χ1v) is 5.99. The molecule has 0 saturated carbocycles. The van der Waals surface area contributed by atoms with Gasteiger partial charge in [-0.3, -0.25) is 4.79 Å². The molecule has 2 rings (SSSR count). The number of carbonyl (C=O) groups excluding carboxylic acids is 1. The van der Waals surface area contributed by atoms with Crippen LogP contribution in [-0.4, -0.2) is 16.9 Å². The summed E-state index contributed by atoms with van der Waals surface area (Å²) in [4.78, 5) is 15.4. The average molecular weight is 244 g/mol. The second-order valence-corrected chi connectivity index (χ2v) is 4.26. The number of amides is 1. The minimum absolute atomic E-state index is 0.0998. The van der Waals surface area contributed by atoms with Crippen LogP contribution < -0.4 is 5.32 Å². The highest BCUT2D eigenvalue weighted by atomic mass is 16.3. The third kappa shape index (κ3) is 3.45. The first-order valence-electron chi connectivity index (χ1n) is 5.99. The quantitative estimate of drug-likeness (QED) is 0.878. The van der Waals surface area contributed by atoms with Gasteiger partial charge in [-0.1, -0.05) is 30.3 Å². The Morgan fingerprint density at radius 2 is 2.17 bits per heavy atom. The van der Waals surface area contributed by atoms with E-state index in [1.165, 1.54) is 18.2 Å². The Hall–Kier alpha value is -2.10. The van der Waals surface area contributed by atoms with E-state index < -0.39 is 0 Å². The topological polar surface area (TPSA) is 55.1 Å². The third-order valence-corrected chi connectivity index (χ3v) is 2.74. The molecule has 1 heterocycles. The molecule has 0 aliphatic rings. The largest absolute Gasteiger partial charge is 0.438 e. The fraction of sp³-hybridized carbons (Fsp3) is 0.286. The summed E-state index contributed by atoms with van der Waals surface area (Å²) in [6, 6.07) is 10.3. The van der Waals surface area contributed by atoms with Gasteiger partial charge in [-0.2, -0.15) is 0 Å². The number of nitrogens with zero attached hydrogens (tertiary/aromatic N) is 1. The molecule has 1 atom stereocenters. The zero-order valence-corrected chi connectivity index (χ0v) is 10.3. The second kappa shape index (κ2) is 6.00. The summed E-state index contributed by atoms with van der Waals surface area (Å²) in [5, 5.41) is 2.88. The molecule has 1 aromatic carbocycles. The molecule has 1 amide bonds. The van der Waals surface area contributed by atoms with Crippen LogP contribution in [0.4, 0.5) is 0 Å². The molecule has 0 saturated heterocycles. The molecule has 0 aliphatic carbocycles. The maximum atomic E-state index is 11.7. The van der Waals surface area contributed by atoms with Crippen molar-refractivity contribution in [1.82, 2.24) is 10.3 Å². The average Bonchev–Trinajstić information content (AvgIpc) is 2.91. The Kier molecular flexibility index (Phi) is 4.12. The number of hydrogen-bond donors (Lipinski definition) is 1. The number of aromatic nitrogens is 1. The fourth-order valence-corrected chi connectivity index (χ4v) is 1.72. The van der Waals surface area contributed by atoms with E-state index in [0.29, 0.717) is 0 Å². The van der Waals surface area contributed by atoms with Crippen molar-refractivity contribution >= 4 is 5.91 Å². The lowest BCUT2D eigenvalue weighted by Gasteiger charge is -2.12. The van der Waals surface area contributed by atoms with Crippen LogP contribution in [0.25, 0.3) is 0 Å². The molecule has 0 unspecified atom stereocenters. The summed E-state index contributed by atoms with van der Waals surface area (Å²) < 4.78 is 4.94. The zero-order chi connectivity index (χ0) is 12.8. The Morgan fingerprint density at radius 3 is 2.83 bits per heavy atom. The molecule has 1 N–H and O–H groups in total. The van der Waals surface area contributed by atoms with Crippen LogP contribution in [0.2, 0.25) is 0 Å². The molecule has 0 radical (unpaired) electrons. The van der Waals surface area contributed by atoms with E-state index in [1.807, 2.05) is 25.1 Å². The van der Waals surface area contributed by atoms with Crippen molar-refractivity contribution in [3.05, 3.63) is 54.2 Å². The number of nitrogens with one attached hydrogen (secondary N) is 1. The van der Waals surface area contributed by atoms with Crippen LogP contribution in [0.5, 0.6) is 0 Å². The molecular weight excluding hydrogens is 228 g/mol. The van der Waals surface area contributed by atoms with E-state index in [9.17, 15) is 4.79 Å². The van der Waals surface area contributed by atoms with Gasteiger partial charge < -0.3 is 9.73 Å². The molecule has 0 fully saturated rings. The predicted molar refractivity (Wildman–Crippen MR) is 68.2 cm³/mol. The lowest BCUT2D eigenvalue weighted by atomic mass is 10.1. The van der Waals surface area contributed by atoms with Gasteiger partial charge in [0.25, 0.3) is 5.91 Å². The van der Waals surface area contributed by atoms with Crippen molar-refractivity contribution < 1.29 is 9.21 Å². The Morgan fingerprint density at radius 1 is 1.39 bits per heavy atom. The van der Waals surface area contributed by atoms with Crippen molar-refractivity contribution in [1.29, 1.82) is 0 Å². The Bertz CT molecular complexity index is 480. The van der Waals surface area contributed by atoms with Gasteiger partial charge in [0.1, 0.15) is 0 Å². The maximum Gasteiger partial charge on any atom is 0.288 e. The smallest absolute Gasteiger partial charge is 0.288 e. The lowest BCUT2D eigenvalue weighted by molar-refractivity contribution is 0.0910. The van der Waals surface area contributed by atoms with Crippen LogP contribution in [0.15, 0.2) is 47.3 Å². The van der Waals surface area contributed by atoms with E-state index in [2.05, 4.69) is 22.4 Å². The molecule has 0 spiro atoms. The molecule has 0 bridgehead atoms. The predicted octanol–water partition coefficient (Wildman–Crippen LogP) is 2.43. The van der Waals surface area contributed by atoms with Gasteiger partial charge in [-0.15, -0.1) is 0 Å². The highest BCUT2D eigenvalue weighted by Crippen LogP contribution is 2.05. The van der Waals surface area contributed by atoms with E-state index >= 15 is 0 Å². The van der Waals surface area contributed by atoms with Crippen LogP contribution >= 0.6 is 0 Å². The summed E-state index contributed by atoms with van der Waals surface area (Å²) in [6.45, 7) is 1.98. The standard InChI is InChI=1S/C14H16N2O2/c1-11(7-8-12-5-3-2-4-6-12)16-14(17)13-9-15-10-18-13/h2-6,9-11H,7-8H2,1H3,(H,16,17)/t11-/m1/s1. The van der Waals surface area contributed by atoms with Crippen molar-refractivity contribution in [3.63, 3.8) is 0 Å². The van der Waals surface area contributed by atoms with Gasteiger partial charge in [-0.05, 0) is 25.3 Å². The molecule has 1 aromatic heterocycles. The van der Waals surface area contributed by atoms with Crippen molar-refractivity contribution in [2.45, 2.75) is 25.8 Å². The zero-order valence-electron chi connectivity index (χ0n) is 10.3. The van der Waals surface area contributed by atoms with Gasteiger partial charge in [0.2, 0.25) is 5.76 Å². The Labute approximate surface area is 106 Å². The number of aryl methyl sites for hydroxylation is 1. The summed E-state index contributed by atoms with van der Waals surface area (Å²) in [5.74, 6) is 0.0367. The molecule has 94 valence electrons. The van der Waals surface area contributed by atoms with Gasteiger partial charge in [0, 0.05) is 6.04 Å². The van der Waals surface area contributed by atoms with Gasteiger partial charge in [-0.25, -0.2) is 4.98 Å². The minimum atomic E-state index is -0.215. The first-order chi connectivity index (χ1) is 8.75. The second-order valence-electron chi connectivity index (χ2n) is 4.26. The summed E-state index contributed by atoms with van der Waals surface area (Å²) >= 11 is 0. The SMILES string of the molecule is C[C@H](CCc1ccccc1)NC(=O)c1cnco1. The lowest BCUT2D eigenvalue weighted by Crippen LogP contribution is -2.32. The molecule has 2 aromatic rings. The van der Waals surface area contributed by atoms with Crippen molar-refractivity contribution in [2.24, 2.45) is 0 Å². The third-order valence-electron chi connectivity index (χ3n) is 2.74. The molecular formula is C14H16N2O2. The van der Waals surface area contributed by atoms with Crippen molar-refractivity contribution in [2.75, 3.05) is 0 Å². The summed E-state index contributed by atoms with van der Waals surface area (Å²) in [7, 11) is 0. The molecule has 18 heavy (non-hydrogen) atoms. The van der Waals surface area contributed by atoms with Gasteiger partial charge in [0.05, 0.1) is 6.20 Å². The first kappa shape index (κ1) is 12.4. The number of rotatable bonds is 5. The van der Waals surface area contributed by atoms with Gasteiger partial charge in [0.15, 0.2) is 6.39 Å². The van der Waals surface area contributed by atoms with E-state index in [0.717, 1.165) is 12.8 Å². The van der Waals surface area contributed by atoms with Crippen LogP contribution in [0.1, 0.15) is 29.5 Å². The van der Waals surface area contributed by atoms with E-state index in [-0.39, 0.29) is 17.7 Å². The van der Waals surface area contributed by atoms with E-state index in [1.54, 1.807) is 0 Å². The Balaban J connectivity index is 1.79. The van der Waals surface area contributed by atoms with Crippen LogP contribution in [-0.2, 0) is 6.42 Å². The summed E-state index contributed by atoms with van der Waals surface area (Å²) in [6.07, 6.45) is 4.51. The van der Waals surface area contributed by atoms with Gasteiger partial charge >= 0.3 is 0 Å². The molecule has 4 heteroatoms. The molecule has 4 nitrogen and oxygen atoms in total. The number of hydrogen-bond acceptors (Lipinski definition) is 3. The monoisotopic (exact) mass is 244 g/mol. The fourth-order valence-electron chi connectivity index (χ4n) is 1.72. The van der Waals surface area contributed by atoms with E-state index in [4.69, 9.17) is 4.42 Å². The number of benzene rings is 1. The number of carbonyl (C=O) groups is 1.